The highest BCUT2D eigenvalue weighted by atomic mass is 16.3. The number of nitrogens with one attached hydrogen (secondary N) is 1. The van der Waals surface area contributed by atoms with Crippen LogP contribution in [0.1, 0.15) is 348 Å². The normalized spacial score (nSPS) is 13.3. The quantitative estimate of drug-likeness (QED) is 0.0420. The third kappa shape index (κ3) is 64.1. The van der Waals surface area contributed by atoms with Gasteiger partial charge in [0.15, 0.2) is 0 Å². The first-order valence-corrected chi connectivity index (χ1v) is 34.5. The number of hydrogen-bond donors (Lipinski definition) is 3. The molecule has 0 aromatic rings. The number of aliphatic hydroxyl groups excluding tert-OH is 2. The van der Waals surface area contributed by atoms with Crippen LogP contribution in [0.25, 0.3) is 0 Å². The van der Waals surface area contributed by atoms with Gasteiger partial charge in [0, 0.05) is 6.42 Å². The summed E-state index contributed by atoms with van der Waals surface area (Å²) in [7, 11) is 0. The Morgan fingerprint density at radius 2 is 0.577 bits per heavy atom. The van der Waals surface area contributed by atoms with E-state index in [1.54, 1.807) is 6.08 Å². The van der Waals surface area contributed by atoms with Crippen LogP contribution in [0.15, 0.2) is 97.2 Å². The summed E-state index contributed by atoms with van der Waals surface area (Å²) in [6.45, 7) is 4.21. The highest BCUT2D eigenvalue weighted by Crippen LogP contribution is 2.18. The van der Waals surface area contributed by atoms with Crippen LogP contribution in [0.5, 0.6) is 0 Å². The highest BCUT2D eigenvalue weighted by molar-refractivity contribution is 5.76. The molecule has 2 atom stereocenters. The predicted octanol–water partition coefficient (Wildman–Crippen LogP) is 23.6. The van der Waals surface area contributed by atoms with Crippen LogP contribution in [-0.4, -0.2) is 34.9 Å². The van der Waals surface area contributed by atoms with Gasteiger partial charge in [-0.3, -0.25) is 4.79 Å². The van der Waals surface area contributed by atoms with E-state index in [4.69, 9.17) is 0 Å². The van der Waals surface area contributed by atoms with E-state index in [0.717, 1.165) is 70.6 Å². The summed E-state index contributed by atoms with van der Waals surface area (Å²) in [6.07, 6.45) is 102. The lowest BCUT2D eigenvalue weighted by atomic mass is 10.0. The maximum atomic E-state index is 12.5. The van der Waals surface area contributed by atoms with E-state index in [1.165, 1.54) is 257 Å². The zero-order chi connectivity index (χ0) is 56.2. The van der Waals surface area contributed by atoms with E-state index < -0.39 is 12.1 Å². The summed E-state index contributed by atoms with van der Waals surface area (Å²) < 4.78 is 0. The van der Waals surface area contributed by atoms with Crippen LogP contribution in [0, 0.1) is 0 Å². The van der Waals surface area contributed by atoms with E-state index in [0.29, 0.717) is 6.42 Å². The third-order valence-electron chi connectivity index (χ3n) is 15.5. The molecule has 0 radical (unpaired) electrons. The van der Waals surface area contributed by atoms with Crippen LogP contribution < -0.4 is 5.32 Å². The lowest BCUT2D eigenvalue weighted by Gasteiger charge is -2.19. The van der Waals surface area contributed by atoms with Crippen LogP contribution >= 0.6 is 0 Å². The second kappa shape index (κ2) is 68.6. The summed E-state index contributed by atoms with van der Waals surface area (Å²) in [5.74, 6) is -0.0762. The van der Waals surface area contributed by atoms with Gasteiger partial charge in [-0.25, -0.2) is 0 Å². The zero-order valence-electron chi connectivity index (χ0n) is 52.2. The molecule has 78 heavy (non-hydrogen) atoms. The highest BCUT2D eigenvalue weighted by Gasteiger charge is 2.18. The van der Waals surface area contributed by atoms with Crippen molar-refractivity contribution in [3.63, 3.8) is 0 Å². The molecule has 4 heteroatoms. The van der Waals surface area contributed by atoms with Gasteiger partial charge in [-0.1, -0.05) is 349 Å². The van der Waals surface area contributed by atoms with Crippen molar-refractivity contribution in [1.29, 1.82) is 0 Å². The topological polar surface area (TPSA) is 69.6 Å². The van der Waals surface area contributed by atoms with Gasteiger partial charge in [0.2, 0.25) is 5.91 Å². The van der Waals surface area contributed by atoms with E-state index in [9.17, 15) is 15.0 Å². The van der Waals surface area contributed by atoms with Gasteiger partial charge in [0.1, 0.15) is 0 Å². The first-order valence-electron chi connectivity index (χ1n) is 34.5. The van der Waals surface area contributed by atoms with Gasteiger partial charge < -0.3 is 15.5 Å². The van der Waals surface area contributed by atoms with Crippen LogP contribution in [0.3, 0.4) is 0 Å². The second-order valence-corrected chi connectivity index (χ2v) is 23.2. The summed E-state index contributed by atoms with van der Waals surface area (Å²) in [6, 6.07) is -0.652. The minimum atomic E-state index is -0.876. The molecule has 0 bridgehead atoms. The van der Waals surface area contributed by atoms with Crippen molar-refractivity contribution in [2.75, 3.05) is 6.61 Å². The van der Waals surface area contributed by atoms with E-state index >= 15 is 0 Å². The van der Waals surface area contributed by atoms with Crippen LogP contribution in [0.2, 0.25) is 0 Å². The van der Waals surface area contributed by atoms with Crippen LogP contribution in [0.4, 0.5) is 0 Å². The van der Waals surface area contributed by atoms with E-state index in [1.807, 2.05) is 6.08 Å². The molecule has 0 saturated carbocycles. The molecule has 3 N–H and O–H groups in total. The average Bonchev–Trinajstić information content (AvgIpc) is 3.44. The molecule has 0 aliphatic rings. The summed E-state index contributed by atoms with van der Waals surface area (Å²) in [4.78, 5) is 12.5. The molecule has 4 nitrogen and oxygen atoms in total. The fourth-order valence-electron chi connectivity index (χ4n) is 10.4. The van der Waals surface area contributed by atoms with Crippen molar-refractivity contribution in [3.8, 4) is 0 Å². The average molecular weight is 1080 g/mol. The van der Waals surface area contributed by atoms with E-state index in [2.05, 4.69) is 104 Å². The number of amides is 1. The van der Waals surface area contributed by atoms with Crippen molar-refractivity contribution in [2.45, 2.75) is 360 Å². The number of rotatable bonds is 63. The predicted molar refractivity (Wildman–Crippen MR) is 350 cm³/mol. The molecular formula is C74H133NO3. The summed E-state index contributed by atoms with van der Waals surface area (Å²) in [5, 5.41) is 23.3. The minimum Gasteiger partial charge on any atom is -0.394 e. The lowest BCUT2D eigenvalue weighted by Crippen LogP contribution is -2.45. The number of carbonyl (C=O) groups is 1. The first-order chi connectivity index (χ1) is 38.7. The van der Waals surface area contributed by atoms with Crippen molar-refractivity contribution in [1.82, 2.24) is 5.32 Å². The molecule has 2 unspecified atom stereocenters. The number of hydrogen-bond acceptors (Lipinski definition) is 3. The molecule has 452 valence electrons. The molecule has 0 aromatic heterocycles. The molecule has 0 fully saturated rings. The maximum absolute atomic E-state index is 12.5. The zero-order valence-corrected chi connectivity index (χ0v) is 52.2. The van der Waals surface area contributed by atoms with Gasteiger partial charge in [0.05, 0.1) is 18.8 Å². The van der Waals surface area contributed by atoms with Gasteiger partial charge in [-0.05, 0) is 89.9 Å². The number of aliphatic hydroxyl groups is 2. The van der Waals surface area contributed by atoms with Gasteiger partial charge in [-0.2, -0.15) is 0 Å². The summed E-state index contributed by atoms with van der Waals surface area (Å²) in [5.41, 5.74) is 0. The molecule has 0 saturated heterocycles. The lowest BCUT2D eigenvalue weighted by molar-refractivity contribution is -0.123. The molecule has 1 amide bonds. The van der Waals surface area contributed by atoms with Gasteiger partial charge in [0.25, 0.3) is 0 Å². The Morgan fingerprint density at radius 3 is 0.897 bits per heavy atom. The van der Waals surface area contributed by atoms with Crippen molar-refractivity contribution in [2.24, 2.45) is 0 Å². The van der Waals surface area contributed by atoms with Crippen molar-refractivity contribution < 1.29 is 15.0 Å². The molecular weight excluding hydrogens is 951 g/mol. The first kappa shape index (κ1) is 75.3. The molecule has 0 aliphatic carbocycles. The SMILES string of the molecule is CC/C=C\C/C=C\C/C=C\C/C=C\C/C=C\CCCCCCCCCCCCCCCCCCCC(=O)NC(CO)C(O)/C=C/CC/C=C/CC/C=C/CCCCCCCCCCCCCCCCCCCCCCCCC. The van der Waals surface area contributed by atoms with Gasteiger partial charge in [-0.15, -0.1) is 0 Å². The fourth-order valence-corrected chi connectivity index (χ4v) is 10.4. The minimum absolute atomic E-state index is 0.0762. The van der Waals surface area contributed by atoms with E-state index in [-0.39, 0.29) is 12.5 Å². The van der Waals surface area contributed by atoms with Gasteiger partial charge >= 0.3 is 0 Å². The Hall–Kier alpha value is -2.69. The third-order valence-corrected chi connectivity index (χ3v) is 15.5. The Bertz CT molecular complexity index is 1420. The molecule has 0 heterocycles. The number of allylic oxidation sites excluding steroid dienone is 15. The summed E-state index contributed by atoms with van der Waals surface area (Å²) >= 11 is 0. The van der Waals surface area contributed by atoms with Crippen molar-refractivity contribution in [3.05, 3.63) is 97.2 Å². The largest absolute Gasteiger partial charge is 0.394 e. The Kier molecular flexibility index (Phi) is 66.2. The number of unbranched alkanes of at least 4 members (excludes halogenated alkanes) is 42. The Labute approximate surface area is 487 Å². The standard InChI is InChI=1S/C74H133NO3/c1-3-5-7-9-11-13-15-17-19-21-23-25-27-29-31-33-35-37-39-41-43-45-47-49-51-53-55-57-59-61-63-65-67-69-73(77)72(71-76)75-74(78)70-68-66-64-62-60-58-56-54-52-50-48-46-44-42-40-38-36-34-32-30-28-26-24-22-20-18-16-14-12-10-8-6-4-2/h6,8,12,14,18,20,24,26,30,32,51,53,59,61,67,69,72-73,76-77H,3-5,7,9-11,13,15-17,19,21-23,25,27-29,31,33-50,52,54-58,60,62-66,68,70-71H2,1-2H3,(H,75,78)/b8-6-,14-12-,20-18-,26-24-,32-30-,53-51+,61-59+,69-67+. The Balaban J connectivity index is 3.51. The van der Waals surface area contributed by atoms with Crippen LogP contribution in [-0.2, 0) is 4.79 Å². The monoisotopic (exact) mass is 1080 g/mol. The second-order valence-electron chi connectivity index (χ2n) is 23.2. The Morgan fingerprint density at radius 1 is 0.321 bits per heavy atom. The maximum Gasteiger partial charge on any atom is 0.220 e. The molecule has 0 aromatic carbocycles. The molecule has 0 rings (SSSR count). The van der Waals surface area contributed by atoms with Crippen molar-refractivity contribution >= 4 is 5.91 Å². The molecule has 0 aliphatic heterocycles. The smallest absolute Gasteiger partial charge is 0.220 e. The fraction of sp³-hybridized carbons (Fsp3) is 0.770. The number of carbonyl (C=O) groups excluding carboxylic acids is 1. The molecule has 0 spiro atoms.